The van der Waals surface area contributed by atoms with Gasteiger partial charge in [-0.1, -0.05) is 0 Å². The number of carbonyl (C=O) groups excluding carboxylic acids is 1. The fourth-order valence-corrected chi connectivity index (χ4v) is 1.87. The predicted octanol–water partition coefficient (Wildman–Crippen LogP) is 1.86. The number of esters is 1. The van der Waals surface area contributed by atoms with Crippen molar-refractivity contribution >= 4 is 5.97 Å². The van der Waals surface area contributed by atoms with E-state index in [0.29, 0.717) is 18.1 Å². The molecule has 86 valence electrons. The van der Waals surface area contributed by atoms with Gasteiger partial charge in [0.1, 0.15) is 6.61 Å². The number of cyclic esters (lactones) is 1. The lowest BCUT2D eigenvalue weighted by atomic mass is 9.93. The van der Waals surface area contributed by atoms with Crippen molar-refractivity contribution in [2.75, 3.05) is 14.2 Å². The van der Waals surface area contributed by atoms with E-state index < -0.39 is 0 Å². The molecule has 0 saturated heterocycles. The van der Waals surface area contributed by atoms with Crippen molar-refractivity contribution in [3.05, 3.63) is 23.3 Å². The number of hydrogen-bond acceptors (Lipinski definition) is 4. The number of hydrogen-bond donors (Lipinski definition) is 0. The third kappa shape index (κ3) is 1.60. The molecule has 4 heteroatoms. The van der Waals surface area contributed by atoms with Crippen LogP contribution in [0, 0.1) is 0 Å². The first kappa shape index (κ1) is 10.8. The Morgan fingerprint density at radius 1 is 1.25 bits per heavy atom. The molecule has 1 unspecified atom stereocenters. The Morgan fingerprint density at radius 3 is 2.50 bits per heavy atom. The van der Waals surface area contributed by atoms with E-state index in [9.17, 15) is 4.79 Å². The van der Waals surface area contributed by atoms with Crippen LogP contribution >= 0.6 is 0 Å². The lowest BCUT2D eigenvalue weighted by Gasteiger charge is -2.23. The first-order valence-corrected chi connectivity index (χ1v) is 5.08. The van der Waals surface area contributed by atoms with Gasteiger partial charge in [0.2, 0.25) is 0 Å². The molecular weight excluding hydrogens is 208 g/mol. The van der Waals surface area contributed by atoms with Gasteiger partial charge in [-0.15, -0.1) is 0 Å². The van der Waals surface area contributed by atoms with Crippen LogP contribution < -0.4 is 9.47 Å². The summed E-state index contributed by atoms with van der Waals surface area (Å²) in [4.78, 5) is 11.4. The van der Waals surface area contributed by atoms with Gasteiger partial charge >= 0.3 is 5.97 Å². The highest BCUT2D eigenvalue weighted by Crippen LogP contribution is 2.36. The molecule has 16 heavy (non-hydrogen) atoms. The van der Waals surface area contributed by atoms with Crippen molar-refractivity contribution in [1.82, 2.24) is 0 Å². The van der Waals surface area contributed by atoms with Crippen LogP contribution in [0.15, 0.2) is 12.1 Å². The molecule has 1 aliphatic rings. The van der Waals surface area contributed by atoms with Gasteiger partial charge in [0.25, 0.3) is 0 Å². The maximum Gasteiger partial charge on any atom is 0.313 e. The first-order chi connectivity index (χ1) is 7.67. The topological polar surface area (TPSA) is 44.8 Å². The van der Waals surface area contributed by atoms with E-state index in [1.165, 1.54) is 0 Å². The van der Waals surface area contributed by atoms with Gasteiger partial charge in [0.05, 0.1) is 20.1 Å². The van der Waals surface area contributed by atoms with Crippen molar-refractivity contribution in [2.24, 2.45) is 0 Å². The van der Waals surface area contributed by atoms with Crippen molar-refractivity contribution in [3.63, 3.8) is 0 Å². The van der Waals surface area contributed by atoms with Crippen LogP contribution in [0.1, 0.15) is 24.0 Å². The van der Waals surface area contributed by atoms with Gasteiger partial charge in [-0.2, -0.15) is 0 Å². The Morgan fingerprint density at radius 2 is 1.88 bits per heavy atom. The van der Waals surface area contributed by atoms with Crippen LogP contribution in [-0.4, -0.2) is 20.2 Å². The molecule has 2 rings (SSSR count). The molecule has 0 radical (unpaired) electrons. The van der Waals surface area contributed by atoms with E-state index in [4.69, 9.17) is 14.2 Å². The number of rotatable bonds is 2. The standard InChI is InChI=1S/C12H14O4/c1-7-9-5-11(15-3)10(14-2)4-8(9)6-16-12(7)13/h4-5,7H,6H2,1-3H3. The lowest BCUT2D eigenvalue weighted by molar-refractivity contribution is -0.147. The highest BCUT2D eigenvalue weighted by atomic mass is 16.5. The fourth-order valence-electron chi connectivity index (χ4n) is 1.87. The average molecular weight is 222 g/mol. The zero-order valence-corrected chi connectivity index (χ0v) is 9.57. The van der Waals surface area contributed by atoms with Gasteiger partial charge in [-0.3, -0.25) is 4.79 Å². The summed E-state index contributed by atoms with van der Waals surface area (Å²) in [6, 6.07) is 3.70. The second-order valence-corrected chi connectivity index (χ2v) is 3.74. The summed E-state index contributed by atoms with van der Waals surface area (Å²) in [7, 11) is 3.17. The highest BCUT2D eigenvalue weighted by Gasteiger charge is 2.27. The molecular formula is C12H14O4. The minimum atomic E-state index is -0.247. The molecule has 0 bridgehead atoms. The summed E-state index contributed by atoms with van der Waals surface area (Å²) >= 11 is 0. The number of methoxy groups -OCH3 is 2. The summed E-state index contributed by atoms with van der Waals surface area (Å²) in [6.07, 6.45) is 0. The quantitative estimate of drug-likeness (QED) is 0.716. The van der Waals surface area contributed by atoms with Crippen LogP contribution in [-0.2, 0) is 16.1 Å². The van der Waals surface area contributed by atoms with Crippen LogP contribution in [0.4, 0.5) is 0 Å². The van der Waals surface area contributed by atoms with Crippen LogP contribution in [0.3, 0.4) is 0 Å². The summed E-state index contributed by atoms with van der Waals surface area (Å²) in [5, 5.41) is 0. The van der Waals surface area contributed by atoms with Gasteiger partial charge in [0, 0.05) is 0 Å². The fraction of sp³-hybridized carbons (Fsp3) is 0.417. The molecule has 0 saturated carbocycles. The summed E-state index contributed by atoms with van der Waals surface area (Å²) in [5.74, 6) is 0.859. The normalized spacial score (nSPS) is 18.7. The van der Waals surface area contributed by atoms with Crippen LogP contribution in [0.25, 0.3) is 0 Å². The van der Waals surface area contributed by atoms with E-state index in [-0.39, 0.29) is 11.9 Å². The van der Waals surface area contributed by atoms with E-state index in [1.807, 2.05) is 19.1 Å². The molecule has 1 aliphatic heterocycles. The van der Waals surface area contributed by atoms with Crippen molar-refractivity contribution in [2.45, 2.75) is 19.4 Å². The summed E-state index contributed by atoms with van der Waals surface area (Å²) < 4.78 is 15.5. The summed E-state index contributed by atoms with van der Waals surface area (Å²) in [6.45, 7) is 2.13. The summed E-state index contributed by atoms with van der Waals surface area (Å²) in [5.41, 5.74) is 1.93. The maximum atomic E-state index is 11.4. The average Bonchev–Trinajstić information content (AvgIpc) is 2.32. The minimum Gasteiger partial charge on any atom is -0.493 e. The Kier molecular flexibility index (Phi) is 2.73. The molecule has 0 aliphatic carbocycles. The molecule has 0 spiro atoms. The number of fused-ring (bicyclic) bond motifs is 1. The maximum absolute atomic E-state index is 11.4. The second kappa shape index (κ2) is 4.04. The van der Waals surface area contributed by atoms with E-state index >= 15 is 0 Å². The second-order valence-electron chi connectivity index (χ2n) is 3.74. The van der Waals surface area contributed by atoms with Crippen LogP contribution in [0.2, 0.25) is 0 Å². The third-order valence-electron chi connectivity index (χ3n) is 2.84. The molecule has 1 aromatic rings. The number of benzene rings is 1. The van der Waals surface area contributed by atoms with Crippen molar-refractivity contribution in [3.8, 4) is 11.5 Å². The lowest BCUT2D eigenvalue weighted by Crippen LogP contribution is -2.20. The van der Waals surface area contributed by atoms with Gasteiger partial charge in [-0.05, 0) is 30.2 Å². The molecule has 0 aromatic heterocycles. The SMILES string of the molecule is COc1cc2c(cc1OC)C(C)C(=O)OC2. The Balaban J connectivity index is 2.52. The molecule has 1 atom stereocenters. The molecule has 0 N–H and O–H groups in total. The monoisotopic (exact) mass is 222 g/mol. The molecule has 0 amide bonds. The molecule has 1 aromatic carbocycles. The molecule has 4 nitrogen and oxygen atoms in total. The van der Waals surface area contributed by atoms with Crippen LogP contribution in [0.5, 0.6) is 11.5 Å². The van der Waals surface area contributed by atoms with E-state index in [1.54, 1.807) is 14.2 Å². The minimum absolute atomic E-state index is 0.195. The number of ether oxygens (including phenoxy) is 3. The largest absolute Gasteiger partial charge is 0.493 e. The van der Waals surface area contributed by atoms with Crippen molar-refractivity contribution < 1.29 is 19.0 Å². The Bertz CT molecular complexity index is 425. The Hall–Kier alpha value is -1.71. The number of carbonyl (C=O) groups is 1. The zero-order chi connectivity index (χ0) is 11.7. The van der Waals surface area contributed by atoms with E-state index in [2.05, 4.69) is 0 Å². The highest BCUT2D eigenvalue weighted by molar-refractivity contribution is 5.80. The zero-order valence-electron chi connectivity index (χ0n) is 9.57. The Labute approximate surface area is 94.1 Å². The van der Waals surface area contributed by atoms with Gasteiger partial charge in [-0.25, -0.2) is 0 Å². The molecule has 0 fully saturated rings. The van der Waals surface area contributed by atoms with E-state index in [0.717, 1.165) is 11.1 Å². The third-order valence-corrected chi connectivity index (χ3v) is 2.84. The predicted molar refractivity (Wildman–Crippen MR) is 57.8 cm³/mol. The van der Waals surface area contributed by atoms with Gasteiger partial charge < -0.3 is 14.2 Å². The smallest absolute Gasteiger partial charge is 0.313 e. The van der Waals surface area contributed by atoms with Crippen molar-refractivity contribution in [1.29, 1.82) is 0 Å². The van der Waals surface area contributed by atoms with Gasteiger partial charge in [0.15, 0.2) is 11.5 Å². The first-order valence-electron chi connectivity index (χ1n) is 5.08. The molecule has 1 heterocycles.